The Morgan fingerprint density at radius 2 is 0.641 bits per heavy atom. The number of hydrogen-bond acceptors (Lipinski definition) is 15. The third-order valence-electron chi connectivity index (χ3n) is 14.5. The maximum atomic E-state index is 13.0. The summed E-state index contributed by atoms with van der Waals surface area (Å²) in [7, 11) is -9.96. The van der Waals surface area contributed by atoms with Crippen molar-refractivity contribution >= 4 is 39.5 Å². The highest BCUT2D eigenvalue weighted by Gasteiger charge is 2.30. The molecule has 19 heteroatoms. The van der Waals surface area contributed by atoms with Crippen molar-refractivity contribution in [3.63, 3.8) is 0 Å². The zero-order chi connectivity index (χ0) is 67.5. The summed E-state index contributed by atoms with van der Waals surface area (Å²) in [4.78, 5) is 72.5. The second-order valence-electron chi connectivity index (χ2n) is 23.5. The lowest BCUT2D eigenvalue weighted by Gasteiger charge is -2.21. The van der Waals surface area contributed by atoms with Crippen LogP contribution in [0.15, 0.2) is 97.2 Å². The molecule has 0 aliphatic rings. The van der Waals surface area contributed by atoms with Crippen LogP contribution in [-0.4, -0.2) is 96.7 Å². The average molecular weight is 1340 g/mol. The molecule has 0 rings (SSSR count). The molecule has 5 unspecified atom stereocenters. The Labute approximate surface area is 557 Å². The van der Waals surface area contributed by atoms with Crippen LogP contribution in [0.3, 0.4) is 0 Å². The highest BCUT2D eigenvalue weighted by atomic mass is 31.2. The highest BCUT2D eigenvalue weighted by molar-refractivity contribution is 7.47. The molecule has 92 heavy (non-hydrogen) atoms. The van der Waals surface area contributed by atoms with Crippen molar-refractivity contribution in [2.75, 3.05) is 39.6 Å². The lowest BCUT2D eigenvalue weighted by atomic mass is 10.0. The molecule has 0 saturated carbocycles. The van der Waals surface area contributed by atoms with Crippen molar-refractivity contribution in [1.29, 1.82) is 0 Å². The van der Waals surface area contributed by atoms with E-state index in [4.69, 9.17) is 37.0 Å². The fourth-order valence-electron chi connectivity index (χ4n) is 9.13. The molecule has 5 atom stereocenters. The number of phosphoric ester groups is 2. The Morgan fingerprint density at radius 3 is 1.05 bits per heavy atom. The molecule has 0 amide bonds. The second kappa shape index (κ2) is 65.6. The molecule has 0 aromatic rings. The first-order valence-electron chi connectivity index (χ1n) is 35.5. The molecule has 0 aromatic carbocycles. The van der Waals surface area contributed by atoms with Crippen LogP contribution in [-0.2, 0) is 65.4 Å². The Hall–Kier alpha value is -4.02. The lowest BCUT2D eigenvalue weighted by Crippen LogP contribution is -2.30. The average Bonchev–Trinajstić information content (AvgIpc) is 2.73. The second-order valence-corrected chi connectivity index (χ2v) is 26.4. The van der Waals surface area contributed by atoms with E-state index in [0.717, 1.165) is 135 Å². The number of aliphatic hydroxyl groups is 1. The van der Waals surface area contributed by atoms with Gasteiger partial charge in [-0.3, -0.25) is 37.3 Å². The third kappa shape index (κ3) is 64.7. The summed E-state index contributed by atoms with van der Waals surface area (Å²) in [6, 6.07) is 0. The minimum atomic E-state index is -4.99. The first-order chi connectivity index (χ1) is 44.7. The number of aliphatic hydroxyl groups excluding tert-OH is 1. The standard InChI is InChI=1S/C73H126O17P2/c1-5-9-13-17-21-25-29-32-33-36-39-42-46-50-54-58-71(76)84-64-69(90-73(78)60-56-52-48-44-40-35-31-27-23-19-15-11-7-3)66-88-92(81,82)86-62-67(74)61-85-91(79,80)87-65-68(89-72(77)59-55-51-47-43-37-28-24-20-16-12-8-4)63-83-70(75)57-53-49-45-41-38-34-30-26-22-18-14-10-6-2/h9,13,15,19-21,24-25,27,31-33,39,42,50,54,67-69,74H,5-8,10-12,14,16-18,22-23,26,28-30,34-38,40-41,43-49,51-53,55-66H2,1-4H3,(H,79,80)(H,81,82)/b13-9-,19-15-,24-20-,25-21-,31-27-,33-32-,42-39-,54-50-. The zero-order valence-electron chi connectivity index (χ0n) is 57.4. The summed E-state index contributed by atoms with van der Waals surface area (Å²) in [5.74, 6) is -2.34. The molecule has 0 heterocycles. The van der Waals surface area contributed by atoms with E-state index in [9.17, 15) is 43.2 Å². The van der Waals surface area contributed by atoms with E-state index in [1.807, 2.05) is 18.2 Å². The number of esters is 4. The predicted molar refractivity (Wildman–Crippen MR) is 372 cm³/mol. The summed E-state index contributed by atoms with van der Waals surface area (Å²) in [6.07, 6.45) is 66.0. The topological polar surface area (TPSA) is 237 Å². The van der Waals surface area contributed by atoms with Gasteiger partial charge in [0.2, 0.25) is 0 Å². The summed E-state index contributed by atoms with van der Waals surface area (Å²) in [6.45, 7) is 4.50. The van der Waals surface area contributed by atoms with Gasteiger partial charge in [-0.2, -0.15) is 0 Å². The first kappa shape index (κ1) is 88.0. The number of hydrogen-bond donors (Lipinski definition) is 3. The number of carbonyl (C=O) groups is 4. The Morgan fingerprint density at radius 1 is 0.326 bits per heavy atom. The molecule has 0 aliphatic carbocycles. The fourth-order valence-corrected chi connectivity index (χ4v) is 10.7. The Balaban J connectivity index is 5.39. The van der Waals surface area contributed by atoms with E-state index in [1.165, 1.54) is 70.6 Å². The van der Waals surface area contributed by atoms with Crippen molar-refractivity contribution in [3.8, 4) is 0 Å². The minimum absolute atomic E-state index is 0.0588. The van der Waals surface area contributed by atoms with Gasteiger partial charge in [0, 0.05) is 19.3 Å². The number of rotatable bonds is 66. The number of unbranched alkanes of at least 4 members (excludes halogenated alkanes) is 25. The van der Waals surface area contributed by atoms with Gasteiger partial charge in [0.25, 0.3) is 0 Å². The third-order valence-corrected chi connectivity index (χ3v) is 16.4. The molecule has 0 spiro atoms. The van der Waals surface area contributed by atoms with E-state index in [1.54, 1.807) is 6.08 Å². The molecule has 3 N–H and O–H groups in total. The molecule has 0 bridgehead atoms. The van der Waals surface area contributed by atoms with E-state index >= 15 is 0 Å². The van der Waals surface area contributed by atoms with Crippen LogP contribution in [0.2, 0.25) is 0 Å². The summed E-state index contributed by atoms with van der Waals surface area (Å²) in [5, 5.41) is 10.6. The van der Waals surface area contributed by atoms with E-state index in [-0.39, 0.29) is 25.7 Å². The van der Waals surface area contributed by atoms with Gasteiger partial charge in [0.05, 0.1) is 32.8 Å². The molecule has 0 aliphatic heterocycles. The van der Waals surface area contributed by atoms with E-state index < -0.39 is 97.5 Å². The van der Waals surface area contributed by atoms with Gasteiger partial charge in [-0.15, -0.1) is 0 Å². The zero-order valence-corrected chi connectivity index (χ0v) is 59.2. The molecule has 0 radical (unpaired) electrons. The van der Waals surface area contributed by atoms with Crippen LogP contribution in [0.5, 0.6) is 0 Å². The first-order valence-corrected chi connectivity index (χ1v) is 38.5. The summed E-state index contributed by atoms with van der Waals surface area (Å²) in [5.41, 5.74) is 0. The quantitative estimate of drug-likeness (QED) is 0.0169. The normalized spacial score (nSPS) is 14.6. The van der Waals surface area contributed by atoms with E-state index in [0.29, 0.717) is 25.7 Å². The molecular weight excluding hydrogens is 1210 g/mol. The molecule has 17 nitrogen and oxygen atoms in total. The van der Waals surface area contributed by atoms with Gasteiger partial charge < -0.3 is 33.8 Å². The maximum Gasteiger partial charge on any atom is 0.472 e. The van der Waals surface area contributed by atoms with Crippen LogP contribution in [0.1, 0.15) is 285 Å². The van der Waals surface area contributed by atoms with Crippen molar-refractivity contribution in [1.82, 2.24) is 0 Å². The van der Waals surface area contributed by atoms with Crippen molar-refractivity contribution < 1.29 is 80.2 Å². The SMILES string of the molecule is CC/C=C\C/C=C\C/C=C\C/C=C\C/C=C\CC(=O)OCC(COP(=O)(O)OCC(O)COP(=O)(O)OCC(COC(=O)CCCCCCCCCCCCCCC)OC(=O)CCCCCCC/C=C\CCCC)OC(=O)CCCCCCC/C=C\C/C=C\CCC. The van der Waals surface area contributed by atoms with Crippen LogP contribution >= 0.6 is 15.6 Å². The van der Waals surface area contributed by atoms with Gasteiger partial charge in [0.1, 0.15) is 19.3 Å². The number of phosphoric acid groups is 2. The van der Waals surface area contributed by atoms with Gasteiger partial charge >= 0.3 is 39.5 Å². The summed E-state index contributed by atoms with van der Waals surface area (Å²) >= 11 is 0. The maximum absolute atomic E-state index is 13.0. The van der Waals surface area contributed by atoms with E-state index in [2.05, 4.69) is 101 Å². The molecule has 0 fully saturated rings. The largest absolute Gasteiger partial charge is 0.472 e. The Bertz CT molecular complexity index is 2130. The number of ether oxygens (including phenoxy) is 4. The Kier molecular flexibility index (Phi) is 62.8. The van der Waals surface area contributed by atoms with Gasteiger partial charge in [0.15, 0.2) is 12.2 Å². The van der Waals surface area contributed by atoms with Crippen molar-refractivity contribution in [2.24, 2.45) is 0 Å². The van der Waals surface area contributed by atoms with Crippen LogP contribution in [0, 0.1) is 0 Å². The van der Waals surface area contributed by atoms with Gasteiger partial charge in [-0.25, -0.2) is 9.13 Å². The summed E-state index contributed by atoms with van der Waals surface area (Å²) < 4.78 is 68.1. The molecule has 0 aromatic heterocycles. The molecule has 530 valence electrons. The van der Waals surface area contributed by atoms with Crippen LogP contribution in [0.25, 0.3) is 0 Å². The van der Waals surface area contributed by atoms with Crippen molar-refractivity contribution in [2.45, 2.75) is 303 Å². The molecule has 0 saturated heterocycles. The predicted octanol–water partition coefficient (Wildman–Crippen LogP) is 19.7. The van der Waals surface area contributed by atoms with Gasteiger partial charge in [-0.05, 0) is 96.3 Å². The van der Waals surface area contributed by atoms with Crippen LogP contribution < -0.4 is 0 Å². The van der Waals surface area contributed by atoms with Gasteiger partial charge in [-0.1, -0.05) is 260 Å². The number of carbonyl (C=O) groups excluding carboxylic acids is 4. The minimum Gasteiger partial charge on any atom is -0.462 e. The molecular formula is C73H126O17P2. The smallest absolute Gasteiger partial charge is 0.462 e. The monoisotopic (exact) mass is 1340 g/mol. The number of allylic oxidation sites excluding steroid dienone is 15. The highest BCUT2D eigenvalue weighted by Crippen LogP contribution is 2.45. The van der Waals surface area contributed by atoms with Crippen molar-refractivity contribution in [3.05, 3.63) is 97.2 Å². The lowest BCUT2D eigenvalue weighted by molar-refractivity contribution is -0.161. The fraction of sp³-hybridized carbons (Fsp3) is 0.726. The van der Waals surface area contributed by atoms with Crippen LogP contribution in [0.4, 0.5) is 0 Å².